The molecule has 0 saturated heterocycles. The van der Waals surface area contributed by atoms with Gasteiger partial charge in [-0.15, -0.1) is 11.3 Å². The Bertz CT molecular complexity index is 840. The summed E-state index contributed by atoms with van der Waals surface area (Å²) in [5.41, 5.74) is 1.50. The van der Waals surface area contributed by atoms with Crippen LogP contribution in [0.3, 0.4) is 0 Å². The number of nitrogens with one attached hydrogen (secondary N) is 2. The maximum absolute atomic E-state index is 13.0. The van der Waals surface area contributed by atoms with Gasteiger partial charge in [0.2, 0.25) is 5.91 Å². The van der Waals surface area contributed by atoms with Crippen LogP contribution in [0, 0.1) is 23.2 Å². The highest BCUT2D eigenvalue weighted by molar-refractivity contribution is 7.13. The van der Waals surface area contributed by atoms with Crippen LogP contribution in [0.2, 0.25) is 0 Å². The van der Waals surface area contributed by atoms with Crippen molar-refractivity contribution in [3.8, 4) is 0 Å². The van der Waals surface area contributed by atoms with Crippen molar-refractivity contribution in [3.05, 3.63) is 47.0 Å². The molecule has 4 saturated carbocycles. The van der Waals surface area contributed by atoms with E-state index >= 15 is 0 Å². The third-order valence-corrected chi connectivity index (χ3v) is 7.53. The molecular formula is C22H25N3O2S. The van der Waals surface area contributed by atoms with E-state index in [1.807, 2.05) is 17.5 Å². The number of rotatable bonds is 5. The lowest BCUT2D eigenvalue weighted by Crippen LogP contribution is -2.53. The van der Waals surface area contributed by atoms with Gasteiger partial charge in [-0.2, -0.15) is 0 Å². The minimum Gasteiger partial charge on any atom is -0.352 e. The van der Waals surface area contributed by atoms with E-state index in [0.717, 1.165) is 42.6 Å². The first kappa shape index (κ1) is 17.9. The number of carbonyl (C=O) groups excluding carboxylic acids is 2. The average molecular weight is 396 g/mol. The van der Waals surface area contributed by atoms with Crippen LogP contribution in [0.25, 0.3) is 0 Å². The van der Waals surface area contributed by atoms with Crippen molar-refractivity contribution in [2.24, 2.45) is 23.2 Å². The van der Waals surface area contributed by atoms with Crippen LogP contribution < -0.4 is 10.6 Å². The fraction of sp³-hybridized carbons (Fsp3) is 0.500. The van der Waals surface area contributed by atoms with Crippen LogP contribution in [0.4, 0.5) is 5.13 Å². The molecule has 28 heavy (non-hydrogen) atoms. The predicted molar refractivity (Wildman–Crippen MR) is 109 cm³/mol. The fourth-order valence-electron chi connectivity index (χ4n) is 5.99. The van der Waals surface area contributed by atoms with E-state index in [1.165, 1.54) is 30.6 Å². The number of amides is 2. The van der Waals surface area contributed by atoms with Crippen molar-refractivity contribution in [1.82, 2.24) is 10.3 Å². The Labute approximate surface area is 168 Å². The molecule has 2 N–H and O–H groups in total. The number of benzene rings is 1. The Morgan fingerprint density at radius 3 is 2.25 bits per heavy atom. The summed E-state index contributed by atoms with van der Waals surface area (Å²) >= 11 is 1.39. The van der Waals surface area contributed by atoms with E-state index < -0.39 is 0 Å². The molecule has 6 heteroatoms. The molecule has 0 spiro atoms. The molecule has 6 rings (SSSR count). The van der Waals surface area contributed by atoms with E-state index in [2.05, 4.69) is 15.6 Å². The molecule has 0 radical (unpaired) electrons. The first-order valence-electron chi connectivity index (χ1n) is 10.2. The van der Waals surface area contributed by atoms with E-state index in [1.54, 1.807) is 18.3 Å². The molecular weight excluding hydrogens is 370 g/mol. The highest BCUT2D eigenvalue weighted by Crippen LogP contribution is 2.60. The van der Waals surface area contributed by atoms with Crippen molar-refractivity contribution in [2.45, 2.75) is 45.1 Å². The van der Waals surface area contributed by atoms with E-state index in [9.17, 15) is 9.59 Å². The second-order valence-electron chi connectivity index (χ2n) is 8.87. The summed E-state index contributed by atoms with van der Waals surface area (Å²) in [4.78, 5) is 29.3. The van der Waals surface area contributed by atoms with Gasteiger partial charge in [-0.25, -0.2) is 4.98 Å². The number of carbonyl (C=O) groups is 2. The summed E-state index contributed by atoms with van der Waals surface area (Å²) in [6.45, 7) is 0.523. The highest BCUT2D eigenvalue weighted by atomic mass is 32.1. The summed E-state index contributed by atoms with van der Waals surface area (Å²) in [6, 6.07) is 7.43. The topological polar surface area (TPSA) is 71.1 Å². The molecule has 1 aromatic heterocycles. The first-order valence-corrected chi connectivity index (χ1v) is 11.1. The Balaban J connectivity index is 1.19. The highest BCUT2D eigenvalue weighted by Gasteiger charge is 2.54. The maximum atomic E-state index is 13.0. The number of hydrogen-bond donors (Lipinski definition) is 2. The molecule has 4 fully saturated rings. The van der Waals surface area contributed by atoms with Crippen LogP contribution in [0.1, 0.15) is 54.4 Å². The van der Waals surface area contributed by atoms with Crippen molar-refractivity contribution in [3.63, 3.8) is 0 Å². The number of hydrogen-bond acceptors (Lipinski definition) is 4. The Morgan fingerprint density at radius 2 is 1.68 bits per heavy atom. The molecule has 2 aromatic rings. The third kappa shape index (κ3) is 3.34. The Hall–Kier alpha value is -2.21. The molecule has 0 unspecified atom stereocenters. The van der Waals surface area contributed by atoms with Crippen molar-refractivity contribution < 1.29 is 9.59 Å². The molecule has 146 valence electrons. The third-order valence-electron chi connectivity index (χ3n) is 6.84. The minimum absolute atomic E-state index is 0.109. The van der Waals surface area contributed by atoms with Gasteiger partial charge in [0.05, 0.1) is 0 Å². The summed E-state index contributed by atoms with van der Waals surface area (Å²) in [7, 11) is 0. The minimum atomic E-state index is -0.167. The van der Waals surface area contributed by atoms with Gasteiger partial charge in [-0.05, 0) is 74.0 Å². The SMILES string of the molecule is O=C(Nc1nccs1)c1ccc(CNC(=O)C23CC4CC(CC(C4)C2)C3)cc1. The lowest BCUT2D eigenvalue weighted by Gasteiger charge is -2.55. The van der Waals surface area contributed by atoms with Crippen LogP contribution in [0.15, 0.2) is 35.8 Å². The van der Waals surface area contributed by atoms with Gasteiger partial charge in [-0.1, -0.05) is 12.1 Å². The average Bonchev–Trinajstić information content (AvgIpc) is 3.18. The van der Waals surface area contributed by atoms with Gasteiger partial charge in [0.15, 0.2) is 5.13 Å². The zero-order valence-corrected chi connectivity index (χ0v) is 16.6. The molecule has 2 amide bonds. The number of aromatic nitrogens is 1. The predicted octanol–water partition coefficient (Wildman–Crippen LogP) is 4.23. The van der Waals surface area contributed by atoms with Crippen LogP contribution >= 0.6 is 11.3 Å². The summed E-state index contributed by atoms with van der Waals surface area (Å²) in [6.07, 6.45) is 8.95. The molecule has 1 heterocycles. The fourth-order valence-corrected chi connectivity index (χ4v) is 6.51. The van der Waals surface area contributed by atoms with Gasteiger partial charge in [0.1, 0.15) is 0 Å². The second kappa shape index (κ2) is 6.99. The lowest BCUT2D eigenvalue weighted by molar-refractivity contribution is -0.146. The van der Waals surface area contributed by atoms with Gasteiger partial charge in [0, 0.05) is 29.1 Å². The molecule has 0 aliphatic heterocycles. The molecule has 5 nitrogen and oxygen atoms in total. The van der Waals surface area contributed by atoms with Gasteiger partial charge < -0.3 is 5.32 Å². The normalized spacial score (nSPS) is 30.2. The van der Waals surface area contributed by atoms with Gasteiger partial charge >= 0.3 is 0 Å². The molecule has 4 aliphatic carbocycles. The number of anilines is 1. The summed E-state index contributed by atoms with van der Waals surface area (Å²) in [5.74, 6) is 2.39. The van der Waals surface area contributed by atoms with E-state index in [0.29, 0.717) is 17.2 Å². The van der Waals surface area contributed by atoms with Gasteiger partial charge in [0.25, 0.3) is 5.91 Å². The van der Waals surface area contributed by atoms with Crippen molar-refractivity contribution in [2.75, 3.05) is 5.32 Å². The van der Waals surface area contributed by atoms with Crippen LogP contribution in [-0.2, 0) is 11.3 Å². The Kier molecular flexibility index (Phi) is 4.46. The standard InChI is InChI=1S/C22H25N3O2S/c26-19(25-21-23-5-6-28-21)18-3-1-14(2-4-18)13-24-20(27)22-10-15-7-16(11-22)9-17(8-15)12-22/h1-6,15-17H,7-13H2,(H,24,27)(H,23,25,26). The van der Waals surface area contributed by atoms with E-state index in [4.69, 9.17) is 0 Å². The molecule has 0 atom stereocenters. The lowest BCUT2D eigenvalue weighted by atomic mass is 9.49. The first-order chi connectivity index (χ1) is 13.6. The van der Waals surface area contributed by atoms with Crippen molar-refractivity contribution in [1.29, 1.82) is 0 Å². The molecule has 1 aromatic carbocycles. The zero-order valence-electron chi connectivity index (χ0n) is 15.8. The second-order valence-corrected chi connectivity index (χ2v) is 9.76. The number of nitrogens with zero attached hydrogens (tertiary/aromatic N) is 1. The van der Waals surface area contributed by atoms with E-state index in [-0.39, 0.29) is 17.2 Å². The number of thiazole rings is 1. The summed E-state index contributed by atoms with van der Waals surface area (Å²) in [5, 5.41) is 8.39. The Morgan fingerprint density at radius 1 is 1.04 bits per heavy atom. The smallest absolute Gasteiger partial charge is 0.257 e. The van der Waals surface area contributed by atoms with Crippen molar-refractivity contribution >= 4 is 28.3 Å². The largest absolute Gasteiger partial charge is 0.352 e. The zero-order chi connectivity index (χ0) is 19.1. The van der Waals surface area contributed by atoms with Crippen LogP contribution in [-0.4, -0.2) is 16.8 Å². The maximum Gasteiger partial charge on any atom is 0.257 e. The quantitative estimate of drug-likeness (QED) is 0.796. The van der Waals surface area contributed by atoms with Gasteiger partial charge in [-0.3, -0.25) is 14.9 Å². The summed E-state index contributed by atoms with van der Waals surface area (Å²) < 4.78 is 0. The molecule has 4 aliphatic rings. The monoisotopic (exact) mass is 395 g/mol. The van der Waals surface area contributed by atoms with Crippen LogP contribution in [0.5, 0.6) is 0 Å². The molecule has 4 bridgehead atoms.